The molecule has 0 aliphatic heterocycles. The molecule has 0 saturated heterocycles. The van der Waals surface area contributed by atoms with Gasteiger partial charge in [-0.25, -0.2) is 0 Å². The molecule has 3 nitrogen and oxygen atoms in total. The van der Waals surface area contributed by atoms with Crippen molar-refractivity contribution < 1.29 is 4.79 Å². The standard InChI is InChI=1S/C25H40N2O/c1-7-10-17-27(9-3)25(28)22(6)26-19-21(5)24(8-2)16-15-20(4)18-23-13-11-12-14-23/h8,15-16,19,23H,2,7,9-14,17-18H2,1,3-6H3/b20-15+,21-19+,24-16+,26-22?. The molecule has 0 atom stereocenters. The molecule has 0 unspecified atom stereocenters. The number of rotatable bonds is 11. The number of carbonyl (C=O) groups excluding carboxylic acids is 1. The molecule has 0 bridgehead atoms. The van der Waals surface area contributed by atoms with Gasteiger partial charge in [-0.15, -0.1) is 0 Å². The van der Waals surface area contributed by atoms with Crippen LogP contribution in [-0.4, -0.2) is 29.6 Å². The zero-order valence-corrected chi connectivity index (χ0v) is 18.8. The molecule has 0 aromatic carbocycles. The van der Waals surface area contributed by atoms with E-state index < -0.39 is 0 Å². The van der Waals surface area contributed by atoms with Gasteiger partial charge in [-0.1, -0.05) is 69.4 Å². The van der Waals surface area contributed by atoms with Gasteiger partial charge in [0.25, 0.3) is 5.91 Å². The van der Waals surface area contributed by atoms with Crippen molar-refractivity contribution in [2.75, 3.05) is 13.1 Å². The maximum absolute atomic E-state index is 12.5. The van der Waals surface area contributed by atoms with Crippen molar-refractivity contribution in [3.05, 3.63) is 47.7 Å². The minimum Gasteiger partial charge on any atom is -0.338 e. The van der Waals surface area contributed by atoms with Crippen LogP contribution in [0.5, 0.6) is 0 Å². The Morgan fingerprint density at radius 3 is 2.39 bits per heavy atom. The van der Waals surface area contributed by atoms with E-state index in [1.807, 2.05) is 24.8 Å². The topological polar surface area (TPSA) is 32.7 Å². The first-order valence-electron chi connectivity index (χ1n) is 10.9. The number of hydrogen-bond donors (Lipinski definition) is 0. The van der Waals surface area contributed by atoms with Gasteiger partial charge in [0.15, 0.2) is 0 Å². The van der Waals surface area contributed by atoms with E-state index in [1.54, 1.807) is 13.1 Å². The van der Waals surface area contributed by atoms with Crippen LogP contribution in [0.2, 0.25) is 0 Å². The van der Waals surface area contributed by atoms with Crippen LogP contribution in [0.15, 0.2) is 52.7 Å². The van der Waals surface area contributed by atoms with Crippen molar-refractivity contribution in [1.82, 2.24) is 4.90 Å². The van der Waals surface area contributed by atoms with E-state index in [0.717, 1.165) is 43.0 Å². The van der Waals surface area contributed by atoms with E-state index in [4.69, 9.17) is 0 Å². The third-order valence-electron chi connectivity index (χ3n) is 5.52. The minimum atomic E-state index is 0.0245. The second-order valence-corrected chi connectivity index (χ2v) is 7.96. The summed E-state index contributed by atoms with van der Waals surface area (Å²) in [5.41, 5.74) is 4.02. The van der Waals surface area contributed by atoms with Gasteiger partial charge in [-0.2, -0.15) is 0 Å². The summed E-state index contributed by atoms with van der Waals surface area (Å²) < 4.78 is 0. The van der Waals surface area contributed by atoms with Crippen LogP contribution in [0.4, 0.5) is 0 Å². The lowest BCUT2D eigenvalue weighted by molar-refractivity contribution is -0.124. The highest BCUT2D eigenvalue weighted by Gasteiger charge is 2.15. The van der Waals surface area contributed by atoms with Crippen LogP contribution in [-0.2, 0) is 4.79 Å². The molecule has 28 heavy (non-hydrogen) atoms. The first-order valence-corrected chi connectivity index (χ1v) is 10.9. The Hall–Kier alpha value is -1.90. The van der Waals surface area contributed by atoms with Crippen molar-refractivity contribution in [3.63, 3.8) is 0 Å². The summed E-state index contributed by atoms with van der Waals surface area (Å²) in [5, 5.41) is 0. The van der Waals surface area contributed by atoms with Crippen LogP contribution >= 0.6 is 0 Å². The normalized spacial score (nSPS) is 17.2. The van der Waals surface area contributed by atoms with Gasteiger partial charge in [0.1, 0.15) is 5.71 Å². The zero-order valence-electron chi connectivity index (χ0n) is 18.8. The lowest BCUT2D eigenvalue weighted by Gasteiger charge is -2.20. The smallest absolute Gasteiger partial charge is 0.267 e. The van der Waals surface area contributed by atoms with E-state index in [0.29, 0.717) is 5.71 Å². The summed E-state index contributed by atoms with van der Waals surface area (Å²) in [7, 11) is 0. The van der Waals surface area contributed by atoms with E-state index in [1.165, 1.54) is 37.7 Å². The highest BCUT2D eigenvalue weighted by molar-refractivity contribution is 6.37. The maximum Gasteiger partial charge on any atom is 0.267 e. The van der Waals surface area contributed by atoms with Crippen LogP contribution in [0.1, 0.15) is 79.6 Å². The molecule has 3 heteroatoms. The molecular weight excluding hydrogens is 344 g/mol. The van der Waals surface area contributed by atoms with Gasteiger partial charge in [0, 0.05) is 19.3 Å². The quantitative estimate of drug-likeness (QED) is 0.290. The Labute approximate surface area is 173 Å². The number of allylic oxidation sites excluding steroid dienone is 6. The molecule has 156 valence electrons. The van der Waals surface area contributed by atoms with Gasteiger partial charge in [0.05, 0.1) is 0 Å². The van der Waals surface area contributed by atoms with E-state index >= 15 is 0 Å². The number of carbonyl (C=O) groups is 1. The minimum absolute atomic E-state index is 0.0245. The molecule has 1 aliphatic carbocycles. The Bertz CT molecular complexity index is 631. The number of aliphatic imine (C=N–C) groups is 1. The zero-order chi connectivity index (χ0) is 20.9. The highest BCUT2D eigenvalue weighted by Crippen LogP contribution is 2.30. The van der Waals surface area contributed by atoms with E-state index in [2.05, 4.69) is 37.6 Å². The molecule has 1 fully saturated rings. The van der Waals surface area contributed by atoms with Crippen LogP contribution in [0, 0.1) is 5.92 Å². The fourth-order valence-electron chi connectivity index (χ4n) is 3.63. The van der Waals surface area contributed by atoms with Crippen molar-refractivity contribution >= 4 is 11.6 Å². The molecular formula is C25H40N2O. The molecule has 0 aromatic heterocycles. The van der Waals surface area contributed by atoms with Gasteiger partial charge in [0.2, 0.25) is 0 Å². The first kappa shape index (κ1) is 24.1. The Balaban J connectivity index is 2.79. The predicted octanol–water partition coefficient (Wildman–Crippen LogP) is 6.64. The lowest BCUT2D eigenvalue weighted by atomic mass is 9.98. The Morgan fingerprint density at radius 1 is 1.14 bits per heavy atom. The third-order valence-corrected chi connectivity index (χ3v) is 5.52. The molecule has 0 aromatic rings. The number of amides is 1. The molecule has 1 rings (SSSR count). The van der Waals surface area contributed by atoms with Gasteiger partial charge in [-0.05, 0) is 57.6 Å². The largest absolute Gasteiger partial charge is 0.338 e. The third kappa shape index (κ3) is 8.41. The van der Waals surface area contributed by atoms with E-state index in [-0.39, 0.29) is 5.91 Å². The van der Waals surface area contributed by atoms with Crippen LogP contribution in [0.25, 0.3) is 0 Å². The molecule has 1 saturated carbocycles. The van der Waals surface area contributed by atoms with Crippen LogP contribution < -0.4 is 0 Å². The second-order valence-electron chi connectivity index (χ2n) is 7.96. The monoisotopic (exact) mass is 384 g/mol. The van der Waals surface area contributed by atoms with Gasteiger partial charge >= 0.3 is 0 Å². The fourth-order valence-corrected chi connectivity index (χ4v) is 3.63. The summed E-state index contributed by atoms with van der Waals surface area (Å²) in [6.07, 6.45) is 16.8. The number of nitrogens with zero attached hydrogens (tertiary/aromatic N) is 2. The average Bonchev–Trinajstić information content (AvgIpc) is 3.19. The fraction of sp³-hybridized carbons (Fsp3) is 0.600. The van der Waals surface area contributed by atoms with Crippen molar-refractivity contribution in [3.8, 4) is 0 Å². The molecule has 0 N–H and O–H groups in total. The lowest BCUT2D eigenvalue weighted by Crippen LogP contribution is -2.36. The predicted molar refractivity (Wildman–Crippen MR) is 123 cm³/mol. The molecule has 0 radical (unpaired) electrons. The summed E-state index contributed by atoms with van der Waals surface area (Å²) in [6, 6.07) is 0. The van der Waals surface area contributed by atoms with Crippen molar-refractivity contribution in [1.29, 1.82) is 0 Å². The van der Waals surface area contributed by atoms with Crippen molar-refractivity contribution in [2.45, 2.75) is 79.6 Å². The van der Waals surface area contributed by atoms with Gasteiger partial charge in [-0.3, -0.25) is 9.79 Å². The van der Waals surface area contributed by atoms with Crippen LogP contribution in [0.3, 0.4) is 0 Å². The summed E-state index contributed by atoms with van der Waals surface area (Å²) in [4.78, 5) is 18.8. The summed E-state index contributed by atoms with van der Waals surface area (Å²) >= 11 is 0. The first-order chi connectivity index (χ1) is 13.4. The maximum atomic E-state index is 12.5. The SMILES string of the molecule is C=CC(=C\C=C(/C)CC1CCCC1)/C(C)=C/N=C(C)C(=O)N(CC)CCCC. The molecule has 1 aliphatic rings. The summed E-state index contributed by atoms with van der Waals surface area (Å²) in [6.45, 7) is 15.6. The number of hydrogen-bond acceptors (Lipinski definition) is 2. The number of unbranched alkanes of at least 4 members (excludes halogenated alkanes) is 1. The second kappa shape index (κ2) is 13.3. The Morgan fingerprint density at radius 2 is 1.82 bits per heavy atom. The Kier molecular flexibility index (Phi) is 11.5. The van der Waals surface area contributed by atoms with E-state index in [9.17, 15) is 4.79 Å². The average molecular weight is 385 g/mol. The molecule has 0 spiro atoms. The van der Waals surface area contributed by atoms with Gasteiger partial charge < -0.3 is 4.90 Å². The van der Waals surface area contributed by atoms with Crippen molar-refractivity contribution in [2.24, 2.45) is 10.9 Å². The summed E-state index contributed by atoms with van der Waals surface area (Å²) in [5.74, 6) is 0.886. The molecule has 1 amide bonds. The highest BCUT2D eigenvalue weighted by atomic mass is 16.2. The molecule has 0 heterocycles.